The van der Waals surface area contributed by atoms with Crippen molar-refractivity contribution in [3.8, 4) is 0 Å². The highest BCUT2D eigenvalue weighted by atomic mass is 16.6. The van der Waals surface area contributed by atoms with E-state index in [1.54, 1.807) is 0 Å². The maximum absolute atomic E-state index is 11.0. The van der Waals surface area contributed by atoms with E-state index in [2.05, 4.69) is 5.32 Å². The van der Waals surface area contributed by atoms with Crippen molar-refractivity contribution in [2.75, 3.05) is 26.4 Å². The SMILES string of the molecule is CCCNC(CCOC1COC1)C(N)=O. The van der Waals surface area contributed by atoms with Crippen LogP contribution in [0.15, 0.2) is 0 Å². The number of nitrogens with one attached hydrogen (secondary N) is 1. The van der Waals surface area contributed by atoms with E-state index in [1.807, 2.05) is 6.92 Å². The minimum atomic E-state index is -0.308. The molecule has 5 nitrogen and oxygen atoms in total. The van der Waals surface area contributed by atoms with Crippen molar-refractivity contribution >= 4 is 5.91 Å². The van der Waals surface area contributed by atoms with Gasteiger partial charge in [0.1, 0.15) is 6.10 Å². The van der Waals surface area contributed by atoms with Crippen LogP contribution in [-0.2, 0) is 14.3 Å². The van der Waals surface area contributed by atoms with Crippen molar-refractivity contribution in [3.05, 3.63) is 0 Å². The molecule has 0 spiro atoms. The lowest BCUT2D eigenvalue weighted by molar-refractivity contribution is -0.133. The summed E-state index contributed by atoms with van der Waals surface area (Å²) in [5, 5.41) is 3.09. The zero-order valence-corrected chi connectivity index (χ0v) is 9.20. The molecule has 0 bridgehead atoms. The van der Waals surface area contributed by atoms with Crippen LogP contribution in [0.25, 0.3) is 0 Å². The van der Waals surface area contributed by atoms with Gasteiger partial charge in [-0.3, -0.25) is 4.79 Å². The molecule has 1 amide bonds. The van der Waals surface area contributed by atoms with Crippen LogP contribution in [0.5, 0.6) is 0 Å². The first kappa shape index (κ1) is 12.4. The summed E-state index contributed by atoms with van der Waals surface area (Å²) in [6.07, 6.45) is 1.83. The van der Waals surface area contributed by atoms with Crippen LogP contribution in [0.2, 0.25) is 0 Å². The summed E-state index contributed by atoms with van der Waals surface area (Å²) in [4.78, 5) is 11.0. The Morgan fingerprint density at radius 1 is 1.67 bits per heavy atom. The highest BCUT2D eigenvalue weighted by molar-refractivity contribution is 5.79. The Morgan fingerprint density at radius 2 is 2.40 bits per heavy atom. The van der Waals surface area contributed by atoms with E-state index in [-0.39, 0.29) is 18.1 Å². The first-order valence-corrected chi connectivity index (χ1v) is 5.46. The van der Waals surface area contributed by atoms with Gasteiger partial charge in [-0.15, -0.1) is 0 Å². The largest absolute Gasteiger partial charge is 0.376 e. The molecule has 15 heavy (non-hydrogen) atoms. The molecular weight excluding hydrogens is 196 g/mol. The topological polar surface area (TPSA) is 73.6 Å². The summed E-state index contributed by atoms with van der Waals surface area (Å²) >= 11 is 0. The molecule has 1 aliphatic rings. The van der Waals surface area contributed by atoms with Crippen LogP contribution in [0, 0.1) is 0 Å². The molecular formula is C10H20N2O3. The van der Waals surface area contributed by atoms with Gasteiger partial charge < -0.3 is 20.5 Å². The van der Waals surface area contributed by atoms with Crippen LogP contribution in [0.4, 0.5) is 0 Å². The second-order valence-corrected chi connectivity index (χ2v) is 3.73. The molecule has 1 fully saturated rings. The van der Waals surface area contributed by atoms with Gasteiger partial charge in [0.15, 0.2) is 0 Å². The highest BCUT2D eigenvalue weighted by Crippen LogP contribution is 2.06. The minimum absolute atomic E-state index is 0.213. The van der Waals surface area contributed by atoms with Gasteiger partial charge in [-0.25, -0.2) is 0 Å². The lowest BCUT2D eigenvalue weighted by atomic mass is 10.2. The lowest BCUT2D eigenvalue weighted by Crippen LogP contribution is -2.43. The molecule has 1 saturated heterocycles. The highest BCUT2D eigenvalue weighted by Gasteiger charge is 2.20. The maximum atomic E-state index is 11.0. The number of rotatable bonds is 8. The predicted molar refractivity (Wildman–Crippen MR) is 56.5 cm³/mol. The molecule has 1 unspecified atom stereocenters. The molecule has 1 aliphatic heterocycles. The van der Waals surface area contributed by atoms with Crippen LogP contribution in [0.3, 0.4) is 0 Å². The molecule has 1 rings (SSSR count). The van der Waals surface area contributed by atoms with Crippen molar-refractivity contribution in [1.82, 2.24) is 5.32 Å². The zero-order valence-electron chi connectivity index (χ0n) is 9.20. The van der Waals surface area contributed by atoms with Gasteiger partial charge in [0.2, 0.25) is 5.91 Å². The second-order valence-electron chi connectivity index (χ2n) is 3.73. The fourth-order valence-corrected chi connectivity index (χ4v) is 1.33. The average molecular weight is 216 g/mol. The molecule has 1 heterocycles. The third-order valence-electron chi connectivity index (χ3n) is 2.35. The molecule has 5 heteroatoms. The van der Waals surface area contributed by atoms with Crippen molar-refractivity contribution in [2.45, 2.75) is 31.9 Å². The smallest absolute Gasteiger partial charge is 0.234 e. The molecule has 3 N–H and O–H groups in total. The number of hydrogen-bond acceptors (Lipinski definition) is 4. The average Bonchev–Trinajstić information content (AvgIpc) is 2.13. The van der Waals surface area contributed by atoms with Gasteiger partial charge >= 0.3 is 0 Å². The van der Waals surface area contributed by atoms with Crippen LogP contribution < -0.4 is 11.1 Å². The van der Waals surface area contributed by atoms with Gasteiger partial charge in [-0.1, -0.05) is 6.92 Å². The Morgan fingerprint density at radius 3 is 2.87 bits per heavy atom. The van der Waals surface area contributed by atoms with E-state index in [0.717, 1.165) is 13.0 Å². The Bertz CT molecular complexity index is 195. The molecule has 0 aliphatic carbocycles. The number of carbonyl (C=O) groups excluding carboxylic acids is 1. The predicted octanol–water partition coefficient (Wildman–Crippen LogP) is -0.355. The minimum Gasteiger partial charge on any atom is -0.376 e. The Balaban J connectivity index is 2.09. The molecule has 0 aromatic heterocycles. The van der Waals surface area contributed by atoms with Crippen LogP contribution in [0.1, 0.15) is 19.8 Å². The van der Waals surface area contributed by atoms with E-state index >= 15 is 0 Å². The van der Waals surface area contributed by atoms with Gasteiger partial charge in [0.25, 0.3) is 0 Å². The molecule has 0 radical (unpaired) electrons. The number of ether oxygens (including phenoxy) is 2. The molecule has 0 aromatic rings. The number of carbonyl (C=O) groups is 1. The van der Waals surface area contributed by atoms with Crippen LogP contribution >= 0.6 is 0 Å². The first-order chi connectivity index (χ1) is 7.24. The number of primary amides is 1. The van der Waals surface area contributed by atoms with E-state index in [4.69, 9.17) is 15.2 Å². The first-order valence-electron chi connectivity index (χ1n) is 5.46. The van der Waals surface area contributed by atoms with E-state index in [9.17, 15) is 4.79 Å². The second kappa shape index (κ2) is 6.76. The van der Waals surface area contributed by atoms with Gasteiger partial charge in [-0.2, -0.15) is 0 Å². The quantitative estimate of drug-likeness (QED) is 0.581. The summed E-state index contributed by atoms with van der Waals surface area (Å²) in [7, 11) is 0. The van der Waals surface area contributed by atoms with Gasteiger partial charge in [-0.05, 0) is 19.4 Å². The summed E-state index contributed by atoms with van der Waals surface area (Å²) in [6, 6.07) is -0.272. The fourth-order valence-electron chi connectivity index (χ4n) is 1.33. The Kier molecular flexibility index (Phi) is 5.60. The Labute approximate surface area is 90.3 Å². The summed E-state index contributed by atoms with van der Waals surface area (Å²) in [5.41, 5.74) is 5.26. The monoisotopic (exact) mass is 216 g/mol. The summed E-state index contributed by atoms with van der Waals surface area (Å²) in [6.45, 7) is 4.75. The number of hydrogen-bond donors (Lipinski definition) is 2. The van der Waals surface area contributed by atoms with Crippen molar-refractivity contribution in [1.29, 1.82) is 0 Å². The zero-order chi connectivity index (χ0) is 11.1. The summed E-state index contributed by atoms with van der Waals surface area (Å²) < 4.78 is 10.4. The van der Waals surface area contributed by atoms with E-state index in [1.165, 1.54) is 0 Å². The maximum Gasteiger partial charge on any atom is 0.234 e. The fraction of sp³-hybridized carbons (Fsp3) is 0.900. The van der Waals surface area contributed by atoms with Crippen molar-refractivity contribution in [2.24, 2.45) is 5.73 Å². The van der Waals surface area contributed by atoms with Crippen molar-refractivity contribution < 1.29 is 14.3 Å². The third kappa shape index (κ3) is 4.59. The van der Waals surface area contributed by atoms with Crippen molar-refractivity contribution in [3.63, 3.8) is 0 Å². The number of nitrogens with two attached hydrogens (primary N) is 1. The molecule has 0 aromatic carbocycles. The normalized spacial score (nSPS) is 18.5. The number of amides is 1. The Hall–Kier alpha value is -0.650. The molecule has 88 valence electrons. The van der Waals surface area contributed by atoms with E-state index < -0.39 is 0 Å². The summed E-state index contributed by atoms with van der Waals surface area (Å²) in [5.74, 6) is -0.308. The molecule has 1 atom stereocenters. The van der Waals surface area contributed by atoms with Gasteiger partial charge in [0.05, 0.1) is 19.3 Å². The van der Waals surface area contributed by atoms with E-state index in [0.29, 0.717) is 26.2 Å². The molecule has 0 saturated carbocycles. The third-order valence-corrected chi connectivity index (χ3v) is 2.35. The van der Waals surface area contributed by atoms with Gasteiger partial charge in [0, 0.05) is 6.61 Å². The standard InChI is InChI=1S/C10H20N2O3/c1-2-4-12-9(10(11)13)3-5-15-8-6-14-7-8/h8-9,12H,2-7H2,1H3,(H2,11,13). The lowest BCUT2D eigenvalue weighted by Gasteiger charge is -2.26. The van der Waals surface area contributed by atoms with Crippen LogP contribution in [-0.4, -0.2) is 44.4 Å².